The van der Waals surface area contributed by atoms with E-state index >= 15 is 0 Å². The fourth-order valence-electron chi connectivity index (χ4n) is 4.39. The Kier molecular flexibility index (Phi) is 6.00. The van der Waals surface area contributed by atoms with Crippen LogP contribution in [0, 0.1) is 11.7 Å². The van der Waals surface area contributed by atoms with E-state index in [4.69, 9.17) is 11.6 Å². The molecule has 6 nitrogen and oxygen atoms in total. The number of rotatable bonds is 3. The molecule has 0 saturated carbocycles. The molecule has 11 heteroatoms. The lowest BCUT2D eigenvalue weighted by Gasteiger charge is -2.31. The molecule has 0 unspecified atom stereocenters. The van der Waals surface area contributed by atoms with E-state index < -0.39 is 48.0 Å². The Balaban J connectivity index is 1.67. The molecular weight excluding hydrogens is 466 g/mol. The molecule has 2 aromatic carbocycles. The Labute approximate surface area is 191 Å². The van der Waals surface area contributed by atoms with E-state index in [9.17, 15) is 32.3 Å². The summed E-state index contributed by atoms with van der Waals surface area (Å²) in [4.78, 5) is 26.5. The zero-order valence-electron chi connectivity index (χ0n) is 17.3. The minimum atomic E-state index is -4.54. The minimum Gasteiger partial charge on any atom is -0.391 e. The fourth-order valence-corrected chi connectivity index (χ4v) is 4.62. The van der Waals surface area contributed by atoms with Gasteiger partial charge in [0.05, 0.1) is 18.1 Å². The maximum atomic E-state index is 13.9. The zero-order valence-corrected chi connectivity index (χ0v) is 18.0. The van der Waals surface area contributed by atoms with Crippen LogP contribution in [0.4, 0.5) is 28.0 Å². The van der Waals surface area contributed by atoms with Crippen LogP contribution in [-0.4, -0.2) is 46.8 Å². The first-order chi connectivity index (χ1) is 15.5. The number of anilines is 1. The van der Waals surface area contributed by atoms with Crippen LogP contribution >= 0.6 is 11.6 Å². The SMILES string of the molecule is C[C@H]([C@@H]1C[C@@H](O)CN1C(=O)Nc1cccc2c1[C@H](c1cc(F)ccc1Cl)NC2=O)C(F)(F)F. The summed E-state index contributed by atoms with van der Waals surface area (Å²) < 4.78 is 53.8. The molecule has 2 heterocycles. The van der Waals surface area contributed by atoms with Crippen LogP contribution in [0.25, 0.3) is 0 Å². The summed E-state index contributed by atoms with van der Waals surface area (Å²) in [5.41, 5.74) is 0.981. The summed E-state index contributed by atoms with van der Waals surface area (Å²) in [6, 6.07) is 5.23. The summed E-state index contributed by atoms with van der Waals surface area (Å²) in [6.45, 7) is 0.704. The quantitative estimate of drug-likeness (QED) is 0.561. The van der Waals surface area contributed by atoms with Gasteiger partial charge in [0, 0.05) is 40.0 Å². The van der Waals surface area contributed by atoms with Crippen molar-refractivity contribution in [1.29, 1.82) is 0 Å². The highest BCUT2D eigenvalue weighted by atomic mass is 35.5. The normalized spacial score (nSPS) is 23.3. The van der Waals surface area contributed by atoms with Crippen molar-refractivity contribution < 1.29 is 32.3 Å². The first kappa shape index (κ1) is 23.3. The number of hydrogen-bond donors (Lipinski definition) is 3. The van der Waals surface area contributed by atoms with E-state index in [1.165, 1.54) is 30.3 Å². The number of hydrogen-bond acceptors (Lipinski definition) is 3. The molecule has 3 N–H and O–H groups in total. The molecule has 0 aliphatic carbocycles. The van der Waals surface area contributed by atoms with Gasteiger partial charge in [-0.15, -0.1) is 0 Å². The number of benzene rings is 2. The molecule has 0 radical (unpaired) electrons. The van der Waals surface area contributed by atoms with Crippen molar-refractivity contribution in [2.75, 3.05) is 11.9 Å². The predicted molar refractivity (Wildman–Crippen MR) is 113 cm³/mol. The van der Waals surface area contributed by atoms with E-state index in [0.29, 0.717) is 5.56 Å². The number of nitrogens with zero attached hydrogens (tertiary/aromatic N) is 1. The smallest absolute Gasteiger partial charge is 0.391 e. The fraction of sp³-hybridized carbons (Fsp3) is 0.364. The van der Waals surface area contributed by atoms with Crippen LogP contribution in [0.3, 0.4) is 0 Å². The first-order valence-electron chi connectivity index (χ1n) is 10.2. The van der Waals surface area contributed by atoms with E-state index in [0.717, 1.165) is 17.9 Å². The molecule has 2 aliphatic heterocycles. The van der Waals surface area contributed by atoms with Gasteiger partial charge in [0.15, 0.2) is 0 Å². The number of aliphatic hydroxyl groups excluding tert-OH is 1. The molecule has 2 aromatic rings. The highest BCUT2D eigenvalue weighted by molar-refractivity contribution is 6.31. The van der Waals surface area contributed by atoms with Gasteiger partial charge in [0.1, 0.15) is 5.82 Å². The molecule has 33 heavy (non-hydrogen) atoms. The molecule has 4 rings (SSSR count). The lowest BCUT2D eigenvalue weighted by atomic mass is 9.96. The van der Waals surface area contributed by atoms with E-state index in [-0.39, 0.29) is 34.8 Å². The third-order valence-corrected chi connectivity index (χ3v) is 6.45. The van der Waals surface area contributed by atoms with Gasteiger partial charge in [-0.3, -0.25) is 4.79 Å². The maximum Gasteiger partial charge on any atom is 0.393 e. The monoisotopic (exact) mass is 485 g/mol. The maximum absolute atomic E-state index is 13.9. The van der Waals surface area contributed by atoms with Crippen molar-refractivity contribution >= 4 is 29.2 Å². The van der Waals surface area contributed by atoms with Crippen molar-refractivity contribution in [1.82, 2.24) is 10.2 Å². The molecule has 1 saturated heterocycles. The Bertz CT molecular complexity index is 1110. The van der Waals surface area contributed by atoms with Gasteiger partial charge in [0.2, 0.25) is 0 Å². The average molecular weight is 486 g/mol. The topological polar surface area (TPSA) is 81.7 Å². The van der Waals surface area contributed by atoms with Crippen molar-refractivity contribution in [3.8, 4) is 0 Å². The number of β-amino-alcohol motifs (C(OH)–C–C–N with tert-alkyl or cyclic N) is 1. The average Bonchev–Trinajstić information content (AvgIpc) is 3.29. The number of aliphatic hydroxyl groups is 1. The molecule has 3 amide bonds. The molecule has 1 fully saturated rings. The van der Waals surface area contributed by atoms with Gasteiger partial charge in [-0.05, 0) is 36.8 Å². The van der Waals surface area contributed by atoms with Crippen LogP contribution in [0.2, 0.25) is 5.02 Å². The third kappa shape index (κ3) is 4.37. The van der Waals surface area contributed by atoms with Gasteiger partial charge < -0.3 is 20.6 Å². The largest absolute Gasteiger partial charge is 0.393 e. The minimum absolute atomic E-state index is 0.168. The number of halogens is 5. The van der Waals surface area contributed by atoms with Crippen LogP contribution in [0.1, 0.15) is 40.9 Å². The predicted octanol–water partition coefficient (Wildman–Crippen LogP) is 4.48. The molecule has 0 bridgehead atoms. The summed E-state index contributed by atoms with van der Waals surface area (Å²) in [5.74, 6) is -2.88. The molecule has 2 aliphatic rings. The second-order valence-electron chi connectivity index (χ2n) is 8.21. The van der Waals surface area contributed by atoms with Gasteiger partial charge >= 0.3 is 12.2 Å². The number of fused-ring (bicyclic) bond motifs is 1. The second-order valence-corrected chi connectivity index (χ2v) is 8.62. The second kappa shape index (κ2) is 8.49. The van der Waals surface area contributed by atoms with Crippen LogP contribution < -0.4 is 10.6 Å². The van der Waals surface area contributed by atoms with Crippen LogP contribution in [-0.2, 0) is 0 Å². The van der Waals surface area contributed by atoms with Crippen molar-refractivity contribution in [2.24, 2.45) is 5.92 Å². The number of carbonyl (C=O) groups is 2. The Hall–Kier alpha value is -2.85. The van der Waals surface area contributed by atoms with Crippen molar-refractivity contribution in [2.45, 2.75) is 37.7 Å². The number of alkyl halides is 3. The zero-order chi connectivity index (χ0) is 24.1. The lowest BCUT2D eigenvalue weighted by Crippen LogP contribution is -2.46. The molecule has 0 aromatic heterocycles. The standard InChI is InChI=1S/C22H20ClF4N3O3/c1-10(22(25,26)27)17-8-12(31)9-30(17)21(33)28-16-4-2-3-13-18(16)19(29-20(13)32)14-7-11(24)5-6-15(14)23/h2-7,10,12,17,19,31H,8-9H2,1H3,(H,28,33)(H,29,32)/t10-,12-,17+,19+/m1/s1. The summed E-state index contributed by atoms with van der Waals surface area (Å²) in [7, 11) is 0. The van der Waals surface area contributed by atoms with Crippen LogP contribution in [0.15, 0.2) is 36.4 Å². The molecule has 0 spiro atoms. The number of carbonyl (C=O) groups excluding carboxylic acids is 2. The van der Waals surface area contributed by atoms with E-state index in [1.54, 1.807) is 0 Å². The first-order valence-corrected chi connectivity index (χ1v) is 10.6. The summed E-state index contributed by atoms with van der Waals surface area (Å²) >= 11 is 6.22. The van der Waals surface area contributed by atoms with Gasteiger partial charge in [-0.1, -0.05) is 24.6 Å². The number of nitrogens with one attached hydrogen (secondary N) is 2. The highest BCUT2D eigenvalue weighted by Crippen LogP contribution is 2.40. The Morgan fingerprint density at radius 1 is 1.30 bits per heavy atom. The Morgan fingerprint density at radius 3 is 2.73 bits per heavy atom. The third-order valence-electron chi connectivity index (χ3n) is 6.10. The number of amides is 3. The number of likely N-dealkylation sites (tertiary alicyclic amines) is 1. The van der Waals surface area contributed by atoms with E-state index in [2.05, 4.69) is 10.6 Å². The number of urea groups is 1. The summed E-state index contributed by atoms with van der Waals surface area (Å²) in [6.07, 6.45) is -5.84. The highest BCUT2D eigenvalue weighted by Gasteiger charge is 2.48. The van der Waals surface area contributed by atoms with Crippen LogP contribution in [0.5, 0.6) is 0 Å². The van der Waals surface area contributed by atoms with Gasteiger partial charge in [-0.25, -0.2) is 9.18 Å². The van der Waals surface area contributed by atoms with Crippen molar-refractivity contribution in [3.05, 3.63) is 63.9 Å². The van der Waals surface area contributed by atoms with Crippen molar-refractivity contribution in [3.63, 3.8) is 0 Å². The molecule has 4 atom stereocenters. The lowest BCUT2D eigenvalue weighted by molar-refractivity contribution is -0.181. The van der Waals surface area contributed by atoms with Gasteiger partial charge in [-0.2, -0.15) is 13.2 Å². The molecule has 176 valence electrons. The van der Waals surface area contributed by atoms with Gasteiger partial charge in [0.25, 0.3) is 5.91 Å². The van der Waals surface area contributed by atoms with E-state index in [1.807, 2.05) is 0 Å². The molecular formula is C22H20ClF4N3O3. The summed E-state index contributed by atoms with van der Waals surface area (Å²) in [5, 5.41) is 15.4. The Morgan fingerprint density at radius 2 is 2.03 bits per heavy atom.